The van der Waals surface area contributed by atoms with E-state index in [1.54, 1.807) is 12.1 Å². The molecular weight excluding hydrogens is 271 g/mol. The van der Waals surface area contributed by atoms with Gasteiger partial charge in [0.05, 0.1) is 0 Å². The van der Waals surface area contributed by atoms with Gasteiger partial charge < -0.3 is 9.73 Å². The Labute approximate surface area is 112 Å². The van der Waals surface area contributed by atoms with Crippen LogP contribution in [0.1, 0.15) is 24.2 Å². The average molecular weight is 283 g/mol. The van der Waals surface area contributed by atoms with Crippen LogP contribution >= 0.6 is 0 Å². The molecule has 1 N–H and O–H groups in total. The number of fused-ring (bicyclic) bond motifs is 3. The standard InChI is InChI=1S/C14H12F3NO2/c15-14(16,17)13(19)18-8-5-6-12-10(7-8)9-3-1-2-4-11(9)20-12/h5-7H,1-4H2,(H,18,19). The van der Waals surface area contributed by atoms with Gasteiger partial charge in [-0.3, -0.25) is 4.79 Å². The third kappa shape index (κ3) is 2.26. The van der Waals surface area contributed by atoms with E-state index in [1.807, 2.05) is 5.32 Å². The van der Waals surface area contributed by atoms with E-state index in [4.69, 9.17) is 4.42 Å². The predicted molar refractivity (Wildman–Crippen MR) is 67.5 cm³/mol. The highest BCUT2D eigenvalue weighted by atomic mass is 19.4. The van der Waals surface area contributed by atoms with Gasteiger partial charge in [0.25, 0.3) is 0 Å². The number of hydrogen-bond donors (Lipinski definition) is 1. The molecule has 0 radical (unpaired) electrons. The number of carbonyl (C=O) groups excluding carboxylic acids is 1. The first-order chi connectivity index (χ1) is 9.45. The summed E-state index contributed by atoms with van der Waals surface area (Å²) in [7, 11) is 0. The summed E-state index contributed by atoms with van der Waals surface area (Å²) in [5.74, 6) is -1.06. The van der Waals surface area contributed by atoms with Gasteiger partial charge in [-0.25, -0.2) is 0 Å². The summed E-state index contributed by atoms with van der Waals surface area (Å²) < 4.78 is 42.4. The smallest absolute Gasteiger partial charge is 0.461 e. The average Bonchev–Trinajstić information content (AvgIpc) is 2.76. The molecule has 0 saturated carbocycles. The van der Waals surface area contributed by atoms with Crippen LogP contribution in [0, 0.1) is 0 Å². The number of alkyl halides is 3. The molecule has 0 unspecified atom stereocenters. The van der Waals surface area contributed by atoms with Crippen LogP contribution in [0.4, 0.5) is 18.9 Å². The zero-order valence-electron chi connectivity index (χ0n) is 10.5. The molecule has 0 fully saturated rings. The highest BCUT2D eigenvalue weighted by molar-refractivity contribution is 5.97. The molecule has 3 nitrogen and oxygen atoms in total. The zero-order chi connectivity index (χ0) is 14.3. The highest BCUT2D eigenvalue weighted by Gasteiger charge is 2.38. The molecule has 1 heterocycles. The molecule has 1 aliphatic carbocycles. The van der Waals surface area contributed by atoms with Crippen molar-refractivity contribution in [3.8, 4) is 0 Å². The molecule has 20 heavy (non-hydrogen) atoms. The van der Waals surface area contributed by atoms with E-state index in [0.717, 1.165) is 42.4 Å². The number of amides is 1. The number of aryl methyl sites for hydroxylation is 2. The van der Waals surface area contributed by atoms with Crippen molar-refractivity contribution < 1.29 is 22.4 Å². The van der Waals surface area contributed by atoms with Crippen LogP contribution < -0.4 is 5.32 Å². The fourth-order valence-corrected chi connectivity index (χ4v) is 2.54. The minimum absolute atomic E-state index is 0.133. The highest BCUT2D eigenvalue weighted by Crippen LogP contribution is 2.33. The van der Waals surface area contributed by atoms with E-state index < -0.39 is 12.1 Å². The van der Waals surface area contributed by atoms with Crippen molar-refractivity contribution in [1.29, 1.82) is 0 Å². The van der Waals surface area contributed by atoms with Gasteiger partial charge in [0.2, 0.25) is 0 Å². The van der Waals surface area contributed by atoms with Crippen LogP contribution in [-0.4, -0.2) is 12.1 Å². The van der Waals surface area contributed by atoms with Gasteiger partial charge in [0.15, 0.2) is 0 Å². The van der Waals surface area contributed by atoms with Gasteiger partial charge in [0.1, 0.15) is 11.3 Å². The second-order valence-electron chi connectivity index (χ2n) is 4.87. The molecule has 2 aromatic rings. The Morgan fingerprint density at radius 3 is 2.70 bits per heavy atom. The van der Waals surface area contributed by atoms with E-state index in [9.17, 15) is 18.0 Å². The van der Waals surface area contributed by atoms with Crippen molar-refractivity contribution in [2.45, 2.75) is 31.9 Å². The first kappa shape index (κ1) is 13.0. The fourth-order valence-electron chi connectivity index (χ4n) is 2.54. The maximum atomic E-state index is 12.2. The van der Waals surface area contributed by atoms with E-state index in [2.05, 4.69) is 0 Å². The first-order valence-corrected chi connectivity index (χ1v) is 6.37. The topological polar surface area (TPSA) is 42.2 Å². The van der Waals surface area contributed by atoms with Gasteiger partial charge in [-0.1, -0.05) is 0 Å². The van der Waals surface area contributed by atoms with Gasteiger partial charge >= 0.3 is 12.1 Å². The number of nitrogens with one attached hydrogen (secondary N) is 1. The molecule has 1 aliphatic rings. The Morgan fingerprint density at radius 1 is 1.20 bits per heavy atom. The van der Waals surface area contributed by atoms with Crippen LogP contribution in [-0.2, 0) is 17.6 Å². The van der Waals surface area contributed by atoms with Gasteiger partial charge in [-0.2, -0.15) is 13.2 Å². The molecule has 0 aliphatic heterocycles. The molecule has 0 atom stereocenters. The molecular formula is C14H12F3NO2. The summed E-state index contributed by atoms with van der Waals surface area (Å²) in [5.41, 5.74) is 1.84. The van der Waals surface area contributed by atoms with Crippen molar-refractivity contribution in [2.75, 3.05) is 5.32 Å². The second-order valence-corrected chi connectivity index (χ2v) is 4.87. The van der Waals surface area contributed by atoms with Gasteiger partial charge in [0, 0.05) is 23.1 Å². The fraction of sp³-hybridized carbons (Fsp3) is 0.357. The Bertz CT molecular complexity index is 673. The number of furan rings is 1. The van der Waals surface area contributed by atoms with E-state index >= 15 is 0 Å². The van der Waals surface area contributed by atoms with E-state index in [0.29, 0.717) is 5.58 Å². The maximum Gasteiger partial charge on any atom is 0.471 e. The monoisotopic (exact) mass is 283 g/mol. The minimum Gasteiger partial charge on any atom is -0.461 e. The zero-order valence-corrected chi connectivity index (χ0v) is 10.5. The molecule has 1 aromatic carbocycles. The minimum atomic E-state index is -4.88. The van der Waals surface area contributed by atoms with Gasteiger partial charge in [-0.05, 0) is 37.5 Å². The second kappa shape index (κ2) is 4.54. The SMILES string of the molecule is O=C(Nc1ccc2oc3c(c2c1)CCCC3)C(F)(F)F. The first-order valence-electron chi connectivity index (χ1n) is 6.37. The normalized spacial score (nSPS) is 15.2. The summed E-state index contributed by atoms with van der Waals surface area (Å²) in [6, 6.07) is 4.56. The van der Waals surface area contributed by atoms with E-state index in [1.165, 1.54) is 6.07 Å². The number of benzene rings is 1. The molecule has 1 amide bonds. The van der Waals surface area contributed by atoms with Crippen LogP contribution in [0.2, 0.25) is 0 Å². The number of rotatable bonds is 1. The molecule has 1 aromatic heterocycles. The quantitative estimate of drug-likeness (QED) is 0.864. The molecule has 3 rings (SSSR count). The summed E-state index contributed by atoms with van der Waals surface area (Å²) in [6.45, 7) is 0. The van der Waals surface area contributed by atoms with E-state index in [-0.39, 0.29) is 5.69 Å². The molecule has 0 bridgehead atoms. The lowest BCUT2D eigenvalue weighted by Gasteiger charge is -2.09. The molecule has 106 valence electrons. The summed E-state index contributed by atoms with van der Waals surface area (Å²) >= 11 is 0. The molecule has 0 spiro atoms. The van der Waals surface area contributed by atoms with Crippen LogP contribution in [0.5, 0.6) is 0 Å². The number of hydrogen-bond acceptors (Lipinski definition) is 2. The lowest BCUT2D eigenvalue weighted by atomic mass is 9.96. The van der Waals surface area contributed by atoms with Crippen LogP contribution in [0.3, 0.4) is 0 Å². The van der Waals surface area contributed by atoms with Crippen LogP contribution in [0.15, 0.2) is 22.6 Å². The van der Waals surface area contributed by atoms with Crippen molar-refractivity contribution in [1.82, 2.24) is 0 Å². The molecule has 0 saturated heterocycles. The van der Waals surface area contributed by atoms with Crippen LogP contribution in [0.25, 0.3) is 11.0 Å². The summed E-state index contributed by atoms with van der Waals surface area (Å²) in [6.07, 6.45) is -1.07. The Balaban J connectivity index is 1.96. The lowest BCUT2D eigenvalue weighted by Crippen LogP contribution is -2.29. The third-order valence-electron chi connectivity index (χ3n) is 3.47. The Hall–Kier alpha value is -1.98. The van der Waals surface area contributed by atoms with Crippen molar-refractivity contribution >= 4 is 22.6 Å². The Kier molecular flexibility index (Phi) is 2.96. The number of anilines is 1. The summed E-state index contributed by atoms with van der Waals surface area (Å²) in [4.78, 5) is 10.9. The van der Waals surface area contributed by atoms with Crippen molar-refractivity contribution in [3.05, 3.63) is 29.5 Å². The van der Waals surface area contributed by atoms with Crippen molar-refractivity contribution in [3.63, 3.8) is 0 Å². The summed E-state index contributed by atoms with van der Waals surface area (Å²) in [5, 5.41) is 2.66. The number of carbonyl (C=O) groups is 1. The lowest BCUT2D eigenvalue weighted by molar-refractivity contribution is -0.167. The van der Waals surface area contributed by atoms with Gasteiger partial charge in [-0.15, -0.1) is 0 Å². The predicted octanol–water partition coefficient (Wildman–Crippen LogP) is 3.81. The number of halogens is 3. The third-order valence-corrected chi connectivity index (χ3v) is 3.47. The van der Waals surface area contributed by atoms with Crippen molar-refractivity contribution in [2.24, 2.45) is 0 Å². The Morgan fingerprint density at radius 2 is 1.95 bits per heavy atom. The molecule has 6 heteroatoms. The maximum absolute atomic E-state index is 12.2. The largest absolute Gasteiger partial charge is 0.471 e.